The maximum absolute atomic E-state index is 10.3. The number of rotatable bonds is 3. The molecule has 2 rings (SSSR count). The number of aryl methyl sites for hydroxylation is 1. The van der Waals surface area contributed by atoms with Crippen molar-refractivity contribution in [3.63, 3.8) is 0 Å². The lowest BCUT2D eigenvalue weighted by atomic mass is 10.1. The van der Waals surface area contributed by atoms with Gasteiger partial charge in [0.1, 0.15) is 12.4 Å². The topological polar surface area (TPSA) is 55.8 Å². The second kappa shape index (κ2) is 4.31. The van der Waals surface area contributed by atoms with E-state index in [2.05, 4.69) is 0 Å². The molecule has 1 heterocycles. The van der Waals surface area contributed by atoms with Gasteiger partial charge in [0.15, 0.2) is 0 Å². The minimum Gasteiger partial charge on any atom is -0.480 e. The first-order valence-corrected chi connectivity index (χ1v) is 4.83. The third-order valence-corrected chi connectivity index (χ3v) is 2.27. The van der Waals surface area contributed by atoms with Gasteiger partial charge in [-0.05, 0) is 18.1 Å². The standard InChI is InChI=1S/C11H12O4/c12-10(13)7-14-11-6-5-8-3-1-2-4-9(8)15-11/h1-4,11H,5-7H2,(H,12,13). The van der Waals surface area contributed by atoms with Gasteiger partial charge in [0.05, 0.1) is 0 Å². The van der Waals surface area contributed by atoms with Gasteiger partial charge < -0.3 is 14.6 Å². The number of hydrogen-bond donors (Lipinski definition) is 1. The highest BCUT2D eigenvalue weighted by molar-refractivity contribution is 5.68. The fraction of sp³-hybridized carbons (Fsp3) is 0.364. The number of carboxylic acid groups (broad SMARTS) is 1. The van der Waals surface area contributed by atoms with Crippen LogP contribution in [0.3, 0.4) is 0 Å². The number of carbonyl (C=O) groups is 1. The van der Waals surface area contributed by atoms with Crippen LogP contribution in [0.2, 0.25) is 0 Å². The summed E-state index contributed by atoms with van der Waals surface area (Å²) in [5, 5.41) is 8.46. The summed E-state index contributed by atoms with van der Waals surface area (Å²) >= 11 is 0. The molecule has 0 aromatic heterocycles. The van der Waals surface area contributed by atoms with Gasteiger partial charge in [-0.1, -0.05) is 18.2 Å². The van der Waals surface area contributed by atoms with Crippen molar-refractivity contribution >= 4 is 5.97 Å². The monoisotopic (exact) mass is 208 g/mol. The van der Waals surface area contributed by atoms with Crippen LogP contribution in [0.15, 0.2) is 24.3 Å². The minimum absolute atomic E-state index is 0.313. The predicted octanol–water partition coefficient (Wildman–Crippen LogP) is 1.44. The lowest BCUT2D eigenvalue weighted by molar-refractivity contribution is -0.154. The zero-order valence-electron chi connectivity index (χ0n) is 8.18. The average Bonchev–Trinajstić information content (AvgIpc) is 2.26. The molecule has 1 aromatic rings. The van der Waals surface area contributed by atoms with Gasteiger partial charge in [-0.3, -0.25) is 0 Å². The second-order valence-electron chi connectivity index (χ2n) is 3.40. The molecule has 15 heavy (non-hydrogen) atoms. The molecule has 1 unspecified atom stereocenters. The van der Waals surface area contributed by atoms with Crippen LogP contribution in [0.5, 0.6) is 5.75 Å². The van der Waals surface area contributed by atoms with Crippen molar-refractivity contribution in [2.24, 2.45) is 0 Å². The quantitative estimate of drug-likeness (QED) is 0.816. The summed E-state index contributed by atoms with van der Waals surface area (Å²) in [6, 6.07) is 7.72. The van der Waals surface area contributed by atoms with Crippen LogP contribution >= 0.6 is 0 Å². The van der Waals surface area contributed by atoms with E-state index < -0.39 is 12.3 Å². The van der Waals surface area contributed by atoms with E-state index in [4.69, 9.17) is 14.6 Å². The van der Waals surface area contributed by atoms with Gasteiger partial charge in [0.2, 0.25) is 6.29 Å². The smallest absolute Gasteiger partial charge is 0.329 e. The molecule has 1 aromatic carbocycles. The van der Waals surface area contributed by atoms with E-state index in [0.29, 0.717) is 6.42 Å². The van der Waals surface area contributed by atoms with Crippen LogP contribution in [0, 0.1) is 0 Å². The van der Waals surface area contributed by atoms with E-state index in [9.17, 15) is 4.79 Å². The Morgan fingerprint density at radius 2 is 2.33 bits per heavy atom. The number of para-hydroxylation sites is 1. The van der Waals surface area contributed by atoms with Gasteiger partial charge in [0, 0.05) is 6.42 Å². The Morgan fingerprint density at radius 3 is 3.13 bits per heavy atom. The first kappa shape index (κ1) is 9.98. The summed E-state index contributed by atoms with van der Waals surface area (Å²) in [7, 11) is 0. The van der Waals surface area contributed by atoms with Crippen molar-refractivity contribution < 1.29 is 19.4 Å². The lowest BCUT2D eigenvalue weighted by Crippen LogP contribution is -2.27. The zero-order valence-corrected chi connectivity index (χ0v) is 8.18. The summed E-state index contributed by atoms with van der Waals surface area (Å²) in [4.78, 5) is 10.3. The molecule has 0 amide bonds. The zero-order chi connectivity index (χ0) is 10.7. The maximum atomic E-state index is 10.3. The van der Waals surface area contributed by atoms with Gasteiger partial charge in [-0.15, -0.1) is 0 Å². The Balaban J connectivity index is 1.96. The molecule has 0 fully saturated rings. The van der Waals surface area contributed by atoms with Gasteiger partial charge >= 0.3 is 5.97 Å². The number of fused-ring (bicyclic) bond motifs is 1. The van der Waals surface area contributed by atoms with Crippen LogP contribution in [0.1, 0.15) is 12.0 Å². The van der Waals surface area contributed by atoms with Crippen LogP contribution in [-0.2, 0) is 16.0 Å². The molecule has 0 saturated heterocycles. The summed E-state index contributed by atoms with van der Waals surface area (Å²) in [5.74, 6) is -0.184. The molecule has 0 bridgehead atoms. The molecule has 0 radical (unpaired) electrons. The van der Waals surface area contributed by atoms with Crippen molar-refractivity contribution in [3.05, 3.63) is 29.8 Å². The van der Waals surface area contributed by atoms with E-state index in [-0.39, 0.29) is 6.61 Å². The van der Waals surface area contributed by atoms with E-state index in [1.165, 1.54) is 0 Å². The molecule has 1 aliphatic heterocycles. The predicted molar refractivity (Wildman–Crippen MR) is 52.8 cm³/mol. The Labute approximate surface area is 87.4 Å². The van der Waals surface area contributed by atoms with Gasteiger partial charge in [0.25, 0.3) is 0 Å². The highest BCUT2D eigenvalue weighted by atomic mass is 16.7. The Kier molecular flexibility index (Phi) is 2.87. The van der Waals surface area contributed by atoms with E-state index >= 15 is 0 Å². The molecule has 0 saturated carbocycles. The molecular weight excluding hydrogens is 196 g/mol. The first-order chi connectivity index (χ1) is 7.25. The molecule has 80 valence electrons. The van der Waals surface area contributed by atoms with Crippen LogP contribution < -0.4 is 4.74 Å². The van der Waals surface area contributed by atoms with Crippen molar-refractivity contribution in [3.8, 4) is 5.75 Å². The molecule has 1 aliphatic rings. The summed E-state index contributed by atoms with van der Waals surface area (Å²) < 4.78 is 10.6. The number of hydrogen-bond acceptors (Lipinski definition) is 3. The van der Waals surface area contributed by atoms with Crippen molar-refractivity contribution in [2.45, 2.75) is 19.1 Å². The summed E-state index contributed by atoms with van der Waals surface area (Å²) in [6.07, 6.45) is 1.13. The maximum Gasteiger partial charge on any atom is 0.329 e. The highest BCUT2D eigenvalue weighted by Gasteiger charge is 2.20. The first-order valence-electron chi connectivity index (χ1n) is 4.83. The van der Waals surface area contributed by atoms with Crippen LogP contribution in [0.4, 0.5) is 0 Å². The fourth-order valence-electron chi connectivity index (χ4n) is 1.58. The Hall–Kier alpha value is -1.55. The number of benzene rings is 1. The second-order valence-corrected chi connectivity index (χ2v) is 3.40. The third-order valence-electron chi connectivity index (χ3n) is 2.27. The number of aliphatic carboxylic acids is 1. The fourth-order valence-corrected chi connectivity index (χ4v) is 1.58. The van der Waals surface area contributed by atoms with E-state index in [0.717, 1.165) is 17.7 Å². The Morgan fingerprint density at radius 1 is 1.53 bits per heavy atom. The Bertz CT molecular complexity index is 361. The molecule has 4 heteroatoms. The normalized spacial score (nSPS) is 19.1. The highest BCUT2D eigenvalue weighted by Crippen LogP contribution is 2.27. The van der Waals surface area contributed by atoms with Gasteiger partial charge in [-0.2, -0.15) is 0 Å². The summed E-state index contributed by atoms with van der Waals surface area (Å²) in [5.41, 5.74) is 1.15. The number of carboxylic acids is 1. The average molecular weight is 208 g/mol. The third kappa shape index (κ3) is 2.47. The van der Waals surface area contributed by atoms with Crippen molar-refractivity contribution in [1.29, 1.82) is 0 Å². The van der Waals surface area contributed by atoms with Crippen molar-refractivity contribution in [1.82, 2.24) is 0 Å². The molecule has 1 atom stereocenters. The molecule has 4 nitrogen and oxygen atoms in total. The van der Waals surface area contributed by atoms with Crippen LogP contribution in [-0.4, -0.2) is 24.0 Å². The largest absolute Gasteiger partial charge is 0.480 e. The minimum atomic E-state index is -0.975. The molecule has 0 spiro atoms. The molecule has 1 N–H and O–H groups in total. The number of ether oxygens (including phenoxy) is 2. The van der Waals surface area contributed by atoms with E-state index in [1.54, 1.807) is 0 Å². The molecule has 0 aliphatic carbocycles. The van der Waals surface area contributed by atoms with Crippen molar-refractivity contribution in [2.75, 3.05) is 6.61 Å². The van der Waals surface area contributed by atoms with E-state index in [1.807, 2.05) is 24.3 Å². The summed E-state index contributed by atoms with van der Waals surface area (Å²) in [6.45, 7) is -0.313. The molecular formula is C11H12O4. The SMILES string of the molecule is O=C(O)COC1CCc2ccccc2O1. The van der Waals surface area contributed by atoms with Crippen LogP contribution in [0.25, 0.3) is 0 Å². The van der Waals surface area contributed by atoms with Gasteiger partial charge in [-0.25, -0.2) is 4.79 Å². The lowest BCUT2D eigenvalue weighted by Gasteiger charge is -2.25.